The molecule has 1 aliphatic heterocycles. The molecule has 0 aromatic carbocycles. The normalized spacial score (nSPS) is 39.8. The molecule has 1 aliphatic carbocycles. The van der Waals surface area contributed by atoms with Crippen LogP contribution >= 0.6 is 11.6 Å². The molecule has 2 nitrogen and oxygen atoms in total. The minimum absolute atomic E-state index is 0.246. The third-order valence-corrected chi connectivity index (χ3v) is 4.75. The predicted molar refractivity (Wildman–Crippen MR) is 63.4 cm³/mol. The van der Waals surface area contributed by atoms with Crippen molar-refractivity contribution in [3.05, 3.63) is 0 Å². The molecule has 1 N–H and O–H groups in total. The molecule has 3 heteroatoms. The Labute approximate surface area is 97.7 Å². The van der Waals surface area contributed by atoms with Crippen LogP contribution in [0.25, 0.3) is 0 Å². The van der Waals surface area contributed by atoms with Crippen molar-refractivity contribution in [3.63, 3.8) is 0 Å². The van der Waals surface area contributed by atoms with Crippen LogP contribution < -0.4 is 5.32 Å². The maximum atomic E-state index is 6.19. The first-order valence-corrected chi connectivity index (χ1v) is 6.53. The van der Waals surface area contributed by atoms with Crippen molar-refractivity contribution in [3.8, 4) is 0 Å². The molecule has 0 radical (unpaired) electrons. The van der Waals surface area contributed by atoms with Crippen molar-refractivity contribution in [1.29, 1.82) is 0 Å². The van der Waals surface area contributed by atoms with E-state index in [-0.39, 0.29) is 5.41 Å². The maximum Gasteiger partial charge on any atom is 0.0699 e. The van der Waals surface area contributed by atoms with Crippen LogP contribution in [0.2, 0.25) is 0 Å². The highest BCUT2D eigenvalue weighted by Gasteiger charge is 2.46. The Balaban J connectivity index is 1.70. The van der Waals surface area contributed by atoms with Crippen molar-refractivity contribution in [2.45, 2.75) is 57.1 Å². The van der Waals surface area contributed by atoms with E-state index < -0.39 is 0 Å². The molecule has 3 unspecified atom stereocenters. The number of ether oxygens (including phenoxy) is 1. The average Bonchev–Trinajstić information content (AvgIpc) is 2.25. The fraction of sp³-hybridized carbons (Fsp3) is 1.00. The molecule has 0 aromatic heterocycles. The number of hydrogen-bond donors (Lipinski definition) is 1. The standard InChI is InChI=1S/C12H22ClNO/c1-12(2)10(13)7-11(12)14-8-9-5-3-4-6-15-9/h9-11,14H,3-8H2,1-2H3. The second-order valence-corrected chi connectivity index (χ2v) is 6.00. The summed E-state index contributed by atoms with van der Waals surface area (Å²) in [4.78, 5) is 0. The number of halogens is 1. The van der Waals surface area contributed by atoms with Crippen LogP contribution in [-0.2, 0) is 4.74 Å². The van der Waals surface area contributed by atoms with E-state index in [4.69, 9.17) is 16.3 Å². The Bertz CT molecular complexity index is 214. The summed E-state index contributed by atoms with van der Waals surface area (Å²) in [5, 5.41) is 3.94. The second kappa shape index (κ2) is 4.60. The van der Waals surface area contributed by atoms with Gasteiger partial charge >= 0.3 is 0 Å². The van der Waals surface area contributed by atoms with Gasteiger partial charge in [0.05, 0.1) is 6.10 Å². The Hall–Kier alpha value is 0.210. The summed E-state index contributed by atoms with van der Waals surface area (Å²) in [6, 6.07) is 0.575. The molecular weight excluding hydrogens is 210 g/mol. The van der Waals surface area contributed by atoms with E-state index in [0.717, 1.165) is 19.6 Å². The van der Waals surface area contributed by atoms with Crippen molar-refractivity contribution in [2.24, 2.45) is 5.41 Å². The van der Waals surface area contributed by atoms with Gasteiger partial charge in [-0.1, -0.05) is 13.8 Å². The number of alkyl halides is 1. The molecule has 2 aliphatic rings. The van der Waals surface area contributed by atoms with Gasteiger partial charge in [0.2, 0.25) is 0 Å². The smallest absolute Gasteiger partial charge is 0.0699 e. The molecule has 0 bridgehead atoms. The van der Waals surface area contributed by atoms with Gasteiger partial charge in [-0.05, 0) is 31.1 Å². The van der Waals surface area contributed by atoms with Gasteiger partial charge in [0.25, 0.3) is 0 Å². The zero-order valence-electron chi connectivity index (χ0n) is 9.76. The number of rotatable bonds is 3. The highest BCUT2D eigenvalue weighted by atomic mass is 35.5. The van der Waals surface area contributed by atoms with Gasteiger partial charge in [-0.15, -0.1) is 11.6 Å². The largest absolute Gasteiger partial charge is 0.377 e. The van der Waals surface area contributed by atoms with Crippen molar-refractivity contribution < 1.29 is 4.74 Å². The lowest BCUT2D eigenvalue weighted by Gasteiger charge is -2.50. The van der Waals surface area contributed by atoms with Crippen LogP contribution in [0.4, 0.5) is 0 Å². The van der Waals surface area contributed by atoms with E-state index in [1.54, 1.807) is 0 Å². The first kappa shape index (κ1) is 11.7. The third kappa shape index (κ3) is 2.48. The van der Waals surface area contributed by atoms with E-state index in [1.807, 2.05) is 0 Å². The van der Waals surface area contributed by atoms with Crippen LogP contribution in [0.1, 0.15) is 39.5 Å². The maximum absolute atomic E-state index is 6.19. The molecule has 2 fully saturated rings. The second-order valence-electron chi connectivity index (χ2n) is 5.47. The zero-order valence-corrected chi connectivity index (χ0v) is 10.5. The third-order valence-electron chi connectivity index (χ3n) is 4.01. The Kier molecular flexibility index (Phi) is 3.59. The monoisotopic (exact) mass is 231 g/mol. The van der Waals surface area contributed by atoms with Crippen molar-refractivity contribution >= 4 is 11.6 Å². The summed E-state index contributed by atoms with van der Waals surface area (Å²) >= 11 is 6.19. The van der Waals surface area contributed by atoms with Gasteiger partial charge in [-0.2, -0.15) is 0 Å². The van der Waals surface area contributed by atoms with Gasteiger partial charge < -0.3 is 10.1 Å². The fourth-order valence-corrected chi connectivity index (χ4v) is 2.79. The van der Waals surface area contributed by atoms with Crippen LogP contribution in [0, 0.1) is 5.41 Å². The van der Waals surface area contributed by atoms with E-state index in [9.17, 15) is 0 Å². The molecule has 1 saturated carbocycles. The van der Waals surface area contributed by atoms with Crippen molar-refractivity contribution in [2.75, 3.05) is 13.2 Å². The molecule has 0 aromatic rings. The minimum atomic E-state index is 0.246. The number of nitrogens with one attached hydrogen (secondary N) is 1. The van der Waals surface area contributed by atoms with Gasteiger partial charge in [0.15, 0.2) is 0 Å². The lowest BCUT2D eigenvalue weighted by Crippen LogP contribution is -2.59. The molecule has 15 heavy (non-hydrogen) atoms. The quantitative estimate of drug-likeness (QED) is 0.754. The summed E-state index contributed by atoms with van der Waals surface area (Å²) in [7, 11) is 0. The topological polar surface area (TPSA) is 21.3 Å². The zero-order chi connectivity index (χ0) is 10.9. The highest BCUT2D eigenvalue weighted by molar-refractivity contribution is 6.21. The van der Waals surface area contributed by atoms with E-state index in [1.165, 1.54) is 19.3 Å². The SMILES string of the molecule is CC1(C)C(Cl)CC1NCC1CCCCO1. The first-order valence-electron chi connectivity index (χ1n) is 6.10. The molecule has 1 saturated heterocycles. The Morgan fingerprint density at radius 2 is 2.20 bits per heavy atom. The van der Waals surface area contributed by atoms with E-state index >= 15 is 0 Å². The summed E-state index contributed by atoms with van der Waals surface area (Å²) in [6.45, 7) is 6.43. The molecule has 2 rings (SSSR count). The highest BCUT2D eigenvalue weighted by Crippen LogP contribution is 2.44. The average molecular weight is 232 g/mol. The summed E-state index contributed by atoms with van der Waals surface area (Å²) in [5.74, 6) is 0. The minimum Gasteiger partial charge on any atom is -0.377 e. The molecule has 1 heterocycles. The lowest BCUT2D eigenvalue weighted by atomic mass is 9.67. The molecular formula is C12H22ClNO. The van der Waals surface area contributed by atoms with Crippen LogP contribution in [-0.4, -0.2) is 30.7 Å². The molecule has 0 spiro atoms. The van der Waals surface area contributed by atoms with Gasteiger partial charge in [-0.3, -0.25) is 0 Å². The van der Waals surface area contributed by atoms with E-state index in [0.29, 0.717) is 17.5 Å². The summed E-state index contributed by atoms with van der Waals surface area (Å²) in [5.41, 5.74) is 0.246. The van der Waals surface area contributed by atoms with Gasteiger partial charge in [-0.25, -0.2) is 0 Å². The molecule has 88 valence electrons. The van der Waals surface area contributed by atoms with Crippen LogP contribution in [0.5, 0.6) is 0 Å². The predicted octanol–water partition coefficient (Wildman–Crippen LogP) is 2.55. The summed E-state index contributed by atoms with van der Waals surface area (Å²) < 4.78 is 5.70. The summed E-state index contributed by atoms with van der Waals surface area (Å²) in [6.07, 6.45) is 5.29. The Morgan fingerprint density at radius 1 is 1.40 bits per heavy atom. The van der Waals surface area contributed by atoms with Crippen molar-refractivity contribution in [1.82, 2.24) is 5.32 Å². The van der Waals surface area contributed by atoms with Crippen LogP contribution in [0.15, 0.2) is 0 Å². The molecule has 3 atom stereocenters. The van der Waals surface area contributed by atoms with Gasteiger partial charge in [0, 0.05) is 24.6 Å². The first-order chi connectivity index (χ1) is 7.10. The Morgan fingerprint density at radius 3 is 2.73 bits per heavy atom. The van der Waals surface area contributed by atoms with Gasteiger partial charge in [0.1, 0.15) is 0 Å². The molecule has 0 amide bonds. The van der Waals surface area contributed by atoms with E-state index in [2.05, 4.69) is 19.2 Å². The van der Waals surface area contributed by atoms with Crippen LogP contribution in [0.3, 0.4) is 0 Å². The number of hydrogen-bond acceptors (Lipinski definition) is 2. The fourth-order valence-electron chi connectivity index (χ4n) is 2.46. The lowest BCUT2D eigenvalue weighted by molar-refractivity contribution is 0.00612.